The van der Waals surface area contributed by atoms with Gasteiger partial charge in [-0.3, -0.25) is 4.90 Å². The maximum absolute atomic E-state index is 12.3. The average molecular weight is 271 g/mol. The highest BCUT2D eigenvalue weighted by Gasteiger charge is 2.64. The zero-order valence-corrected chi connectivity index (χ0v) is 11.8. The molecule has 1 N–H and O–H groups in total. The zero-order chi connectivity index (χ0) is 14.4. The fourth-order valence-corrected chi connectivity index (χ4v) is 3.10. The Morgan fingerprint density at radius 3 is 2.47 bits per heavy atom. The van der Waals surface area contributed by atoms with Crippen molar-refractivity contribution in [1.29, 1.82) is 0 Å². The number of aliphatic hydroxyl groups is 1. The second-order valence-corrected chi connectivity index (χ2v) is 6.25. The summed E-state index contributed by atoms with van der Waals surface area (Å²) in [5, 5.41) is 9.99. The van der Waals surface area contributed by atoms with Gasteiger partial charge >= 0.3 is 12.1 Å². The molecule has 0 aliphatic carbocycles. The van der Waals surface area contributed by atoms with Crippen LogP contribution in [0.2, 0.25) is 0 Å². The highest BCUT2D eigenvalue weighted by molar-refractivity contribution is 5.88. The molecule has 3 atom stereocenters. The first-order valence-electron chi connectivity index (χ1n) is 6.50. The van der Waals surface area contributed by atoms with Gasteiger partial charge in [-0.2, -0.15) is 0 Å². The van der Waals surface area contributed by atoms with Gasteiger partial charge in [0.1, 0.15) is 11.1 Å². The molecule has 2 bridgehead atoms. The van der Waals surface area contributed by atoms with Gasteiger partial charge in [-0.1, -0.05) is 0 Å². The number of carbonyl (C=O) groups is 2. The molecule has 6 heteroatoms. The summed E-state index contributed by atoms with van der Waals surface area (Å²) in [7, 11) is 1.29. The van der Waals surface area contributed by atoms with Crippen LogP contribution in [-0.2, 0) is 14.3 Å². The van der Waals surface area contributed by atoms with Crippen molar-refractivity contribution in [2.24, 2.45) is 0 Å². The average Bonchev–Trinajstić information content (AvgIpc) is 2.78. The molecule has 2 saturated heterocycles. The third kappa shape index (κ3) is 2.18. The molecule has 0 aromatic heterocycles. The zero-order valence-electron chi connectivity index (χ0n) is 11.8. The SMILES string of the molecule is COC(=O)[C@@]12CC[C@@H]([C@H](O)C1)N2C(=O)OC(C)(C)C. The summed E-state index contributed by atoms with van der Waals surface area (Å²) in [6, 6.07) is -0.353. The van der Waals surface area contributed by atoms with Crippen molar-refractivity contribution in [3.8, 4) is 0 Å². The Morgan fingerprint density at radius 2 is 2.00 bits per heavy atom. The molecule has 0 aromatic carbocycles. The molecule has 0 saturated carbocycles. The molecule has 0 radical (unpaired) electrons. The van der Waals surface area contributed by atoms with Crippen LogP contribution in [0.15, 0.2) is 0 Å². The molecule has 0 aromatic rings. The van der Waals surface area contributed by atoms with Crippen LogP contribution in [0.5, 0.6) is 0 Å². The van der Waals surface area contributed by atoms with Crippen molar-refractivity contribution >= 4 is 12.1 Å². The maximum atomic E-state index is 12.3. The van der Waals surface area contributed by atoms with E-state index in [1.165, 1.54) is 12.0 Å². The van der Waals surface area contributed by atoms with Crippen molar-refractivity contribution in [1.82, 2.24) is 4.90 Å². The van der Waals surface area contributed by atoms with E-state index in [9.17, 15) is 14.7 Å². The van der Waals surface area contributed by atoms with E-state index in [-0.39, 0.29) is 12.5 Å². The predicted molar refractivity (Wildman–Crippen MR) is 66.5 cm³/mol. The second kappa shape index (κ2) is 4.37. The van der Waals surface area contributed by atoms with Crippen LogP contribution in [-0.4, -0.2) is 52.5 Å². The molecule has 2 fully saturated rings. The molecule has 0 unspecified atom stereocenters. The molecule has 2 heterocycles. The van der Waals surface area contributed by atoms with E-state index in [4.69, 9.17) is 9.47 Å². The van der Waals surface area contributed by atoms with Crippen LogP contribution in [0.4, 0.5) is 4.79 Å². The first kappa shape index (κ1) is 14.1. The van der Waals surface area contributed by atoms with Gasteiger partial charge in [-0.15, -0.1) is 0 Å². The fraction of sp³-hybridized carbons (Fsp3) is 0.846. The van der Waals surface area contributed by atoms with Crippen LogP contribution in [0.3, 0.4) is 0 Å². The Kier molecular flexibility index (Phi) is 3.24. The standard InChI is InChI=1S/C13H21NO5/c1-12(2,3)19-11(17)14-8-5-6-13(14,7-9(8)15)10(16)18-4/h8-9,15H,5-7H2,1-4H3/t8-,9+,13+/m0/s1. The number of amides is 1. The van der Waals surface area contributed by atoms with Crippen molar-refractivity contribution in [3.05, 3.63) is 0 Å². The normalized spacial score (nSPS) is 33.4. The van der Waals surface area contributed by atoms with Crippen molar-refractivity contribution in [2.75, 3.05) is 7.11 Å². The van der Waals surface area contributed by atoms with Crippen molar-refractivity contribution in [3.63, 3.8) is 0 Å². The number of esters is 1. The minimum atomic E-state index is -1.05. The number of methoxy groups -OCH3 is 1. The molecular weight excluding hydrogens is 250 g/mol. The first-order chi connectivity index (χ1) is 8.71. The minimum absolute atomic E-state index is 0.226. The van der Waals surface area contributed by atoms with Crippen LogP contribution in [0.25, 0.3) is 0 Å². The van der Waals surface area contributed by atoms with Gasteiger partial charge in [0.2, 0.25) is 0 Å². The van der Waals surface area contributed by atoms with Gasteiger partial charge < -0.3 is 14.6 Å². The first-order valence-corrected chi connectivity index (χ1v) is 6.50. The Balaban J connectivity index is 2.28. The van der Waals surface area contributed by atoms with E-state index < -0.39 is 29.3 Å². The quantitative estimate of drug-likeness (QED) is 0.722. The van der Waals surface area contributed by atoms with E-state index in [1.54, 1.807) is 20.8 Å². The summed E-state index contributed by atoms with van der Waals surface area (Å²) >= 11 is 0. The lowest BCUT2D eigenvalue weighted by Gasteiger charge is -2.33. The Bertz CT molecular complexity index is 402. The second-order valence-electron chi connectivity index (χ2n) is 6.25. The van der Waals surface area contributed by atoms with Gasteiger partial charge in [0.25, 0.3) is 0 Å². The molecule has 1 amide bonds. The lowest BCUT2D eigenvalue weighted by Crippen LogP contribution is -2.52. The lowest BCUT2D eigenvalue weighted by atomic mass is 9.86. The summed E-state index contributed by atoms with van der Waals surface area (Å²) in [6.07, 6.45) is 0.0806. The van der Waals surface area contributed by atoms with Gasteiger partial charge in [0.15, 0.2) is 0 Å². The number of hydrogen-bond donors (Lipinski definition) is 1. The summed E-state index contributed by atoms with van der Waals surface area (Å²) in [5.41, 5.74) is -1.69. The van der Waals surface area contributed by atoms with E-state index in [0.29, 0.717) is 12.8 Å². The molecular formula is C13H21NO5. The van der Waals surface area contributed by atoms with Gasteiger partial charge in [0.05, 0.1) is 19.3 Å². The highest BCUT2D eigenvalue weighted by Crippen LogP contribution is 2.47. The Hall–Kier alpha value is -1.30. The fourth-order valence-electron chi connectivity index (χ4n) is 3.10. The summed E-state index contributed by atoms with van der Waals surface area (Å²) in [4.78, 5) is 25.7. The summed E-state index contributed by atoms with van der Waals surface area (Å²) in [6.45, 7) is 5.30. The monoisotopic (exact) mass is 271 g/mol. The smallest absolute Gasteiger partial charge is 0.411 e. The number of hydrogen-bond acceptors (Lipinski definition) is 5. The van der Waals surface area contributed by atoms with E-state index in [0.717, 1.165) is 0 Å². The topological polar surface area (TPSA) is 76.1 Å². The maximum Gasteiger partial charge on any atom is 0.411 e. The Morgan fingerprint density at radius 1 is 1.37 bits per heavy atom. The van der Waals surface area contributed by atoms with Gasteiger partial charge in [0, 0.05) is 6.42 Å². The van der Waals surface area contributed by atoms with Gasteiger partial charge in [-0.05, 0) is 33.6 Å². The number of rotatable bonds is 1. The van der Waals surface area contributed by atoms with Crippen molar-refractivity contribution in [2.45, 2.75) is 63.3 Å². The highest BCUT2D eigenvalue weighted by atomic mass is 16.6. The number of aliphatic hydroxyl groups excluding tert-OH is 1. The summed E-state index contributed by atoms with van der Waals surface area (Å²) < 4.78 is 10.2. The molecule has 19 heavy (non-hydrogen) atoms. The molecule has 108 valence electrons. The van der Waals surface area contributed by atoms with Gasteiger partial charge in [-0.25, -0.2) is 9.59 Å². The molecule has 6 nitrogen and oxygen atoms in total. The molecule has 2 rings (SSSR count). The number of nitrogens with zero attached hydrogens (tertiary/aromatic N) is 1. The molecule has 2 aliphatic rings. The number of fused-ring (bicyclic) bond motifs is 2. The lowest BCUT2D eigenvalue weighted by molar-refractivity contribution is -0.152. The van der Waals surface area contributed by atoms with Crippen LogP contribution in [0, 0.1) is 0 Å². The predicted octanol–water partition coefficient (Wildman–Crippen LogP) is 1.06. The Labute approximate surface area is 112 Å². The summed E-state index contributed by atoms with van der Waals surface area (Å²) in [5.74, 6) is -0.475. The van der Waals surface area contributed by atoms with Crippen LogP contribution < -0.4 is 0 Å². The third-order valence-corrected chi connectivity index (χ3v) is 3.79. The van der Waals surface area contributed by atoms with E-state index >= 15 is 0 Å². The minimum Gasteiger partial charge on any atom is -0.467 e. The van der Waals surface area contributed by atoms with Crippen LogP contribution in [0.1, 0.15) is 40.0 Å². The number of ether oxygens (including phenoxy) is 2. The number of carbonyl (C=O) groups excluding carboxylic acids is 2. The molecule has 2 aliphatic heterocycles. The largest absolute Gasteiger partial charge is 0.467 e. The molecule has 0 spiro atoms. The van der Waals surface area contributed by atoms with E-state index in [2.05, 4.69) is 0 Å². The van der Waals surface area contributed by atoms with Crippen LogP contribution >= 0.6 is 0 Å². The van der Waals surface area contributed by atoms with E-state index in [1.807, 2.05) is 0 Å². The third-order valence-electron chi connectivity index (χ3n) is 3.79. The van der Waals surface area contributed by atoms with Crippen molar-refractivity contribution < 1.29 is 24.2 Å².